The molecule has 1 amide bonds. The molecule has 1 aliphatic rings. The SMILES string of the molecule is C.C.COCCOCCOC(=O)CCC(=O)NC1C(O)CC(OCCC(C)C)(C(=O)O)OC1C(O)C(O)CO. The second-order valence-electron chi connectivity index (χ2n) is 9.10. The summed E-state index contributed by atoms with van der Waals surface area (Å²) in [7, 11) is 1.52. The van der Waals surface area contributed by atoms with Crippen molar-refractivity contribution in [1.82, 2.24) is 5.32 Å². The number of hydrogen-bond acceptors (Lipinski definition) is 12. The molecule has 0 aromatic rings. The molecule has 232 valence electrons. The first-order valence-corrected chi connectivity index (χ1v) is 12.2. The van der Waals surface area contributed by atoms with Crippen LogP contribution in [0.4, 0.5) is 0 Å². The molecule has 0 aromatic carbocycles. The fourth-order valence-corrected chi connectivity index (χ4v) is 3.51. The number of carboxylic acid groups (broad SMARTS) is 1. The Hall–Kier alpha value is -1.91. The molecule has 1 heterocycles. The molecule has 0 bridgehead atoms. The van der Waals surface area contributed by atoms with Gasteiger partial charge in [-0.1, -0.05) is 28.7 Å². The zero-order valence-electron chi connectivity index (χ0n) is 21.5. The predicted octanol–water partition coefficient (Wildman–Crippen LogP) is -0.563. The van der Waals surface area contributed by atoms with Crippen molar-refractivity contribution in [2.24, 2.45) is 5.92 Å². The van der Waals surface area contributed by atoms with Gasteiger partial charge in [0.2, 0.25) is 5.91 Å². The number of aliphatic carboxylic acids is 1. The highest BCUT2D eigenvalue weighted by molar-refractivity contribution is 5.81. The van der Waals surface area contributed by atoms with E-state index in [4.69, 9.17) is 23.7 Å². The van der Waals surface area contributed by atoms with E-state index in [-0.39, 0.29) is 53.4 Å². The number of ether oxygens (including phenoxy) is 5. The number of nitrogens with one attached hydrogen (secondary N) is 1. The molecule has 39 heavy (non-hydrogen) atoms. The third-order valence-electron chi connectivity index (χ3n) is 5.65. The number of carbonyl (C=O) groups excluding carboxylic acids is 2. The van der Waals surface area contributed by atoms with E-state index >= 15 is 0 Å². The van der Waals surface area contributed by atoms with E-state index in [2.05, 4.69) is 5.32 Å². The summed E-state index contributed by atoms with van der Waals surface area (Å²) in [4.78, 5) is 36.4. The second kappa shape index (κ2) is 20.0. The highest BCUT2D eigenvalue weighted by Gasteiger charge is 2.55. The van der Waals surface area contributed by atoms with Crippen LogP contribution in [0.1, 0.15) is 54.4 Å². The minimum Gasteiger partial charge on any atom is -0.477 e. The summed E-state index contributed by atoms with van der Waals surface area (Å²) in [6.07, 6.45) is -7.63. The zero-order chi connectivity index (χ0) is 28.0. The van der Waals surface area contributed by atoms with Crippen LogP contribution in [-0.4, -0.2) is 126 Å². The van der Waals surface area contributed by atoms with Gasteiger partial charge in [-0.3, -0.25) is 9.59 Å². The van der Waals surface area contributed by atoms with E-state index in [9.17, 15) is 39.9 Å². The van der Waals surface area contributed by atoms with Crippen LogP contribution in [0.5, 0.6) is 0 Å². The second-order valence-corrected chi connectivity index (χ2v) is 9.10. The van der Waals surface area contributed by atoms with Crippen molar-refractivity contribution in [2.75, 3.05) is 46.8 Å². The van der Waals surface area contributed by atoms with Crippen LogP contribution < -0.4 is 5.32 Å². The number of esters is 1. The molecule has 1 rings (SSSR count). The molecule has 6 N–H and O–H groups in total. The Labute approximate surface area is 230 Å². The number of carboxylic acids is 1. The molecule has 6 atom stereocenters. The van der Waals surface area contributed by atoms with Crippen LogP contribution in [0.3, 0.4) is 0 Å². The van der Waals surface area contributed by atoms with Gasteiger partial charge in [-0.05, 0) is 12.3 Å². The first-order chi connectivity index (χ1) is 17.5. The summed E-state index contributed by atoms with van der Waals surface area (Å²) in [5.74, 6) is -5.13. The lowest BCUT2D eigenvalue weighted by molar-refractivity contribution is -0.311. The molecule has 0 radical (unpaired) electrons. The Morgan fingerprint density at radius 2 is 1.69 bits per heavy atom. The van der Waals surface area contributed by atoms with Crippen LogP contribution in [-0.2, 0) is 38.1 Å². The standard InChI is InChI=1S/C23H41NO13.2CH4/c1-14(2)6-7-36-23(22(31)32)12-15(26)19(21(37-23)20(30)16(27)13-25)24-17(28)4-5-18(29)35-11-10-34-9-8-33-3;;/h14-16,19-21,25-27,30H,4-13H2,1-3H3,(H,24,28)(H,31,32);2*1H4. The topological polar surface area (TPSA) is 211 Å². The number of carbonyl (C=O) groups is 3. The zero-order valence-corrected chi connectivity index (χ0v) is 21.5. The predicted molar refractivity (Wildman–Crippen MR) is 139 cm³/mol. The Balaban J connectivity index is 0. The lowest BCUT2D eigenvalue weighted by atomic mass is 9.88. The minimum absolute atomic E-state index is 0. The van der Waals surface area contributed by atoms with Gasteiger partial charge in [0.05, 0.1) is 51.6 Å². The van der Waals surface area contributed by atoms with E-state index in [1.807, 2.05) is 13.8 Å². The summed E-state index contributed by atoms with van der Waals surface area (Å²) < 4.78 is 26.0. The van der Waals surface area contributed by atoms with Crippen LogP contribution in [0.2, 0.25) is 0 Å². The fourth-order valence-electron chi connectivity index (χ4n) is 3.51. The number of methoxy groups -OCH3 is 1. The maximum absolute atomic E-state index is 12.5. The molecule has 0 spiro atoms. The molecule has 1 fully saturated rings. The van der Waals surface area contributed by atoms with Gasteiger partial charge in [0.25, 0.3) is 5.79 Å². The molecule has 14 heteroatoms. The van der Waals surface area contributed by atoms with Crippen molar-refractivity contribution in [2.45, 2.75) is 90.6 Å². The quantitative estimate of drug-likeness (QED) is 0.0901. The van der Waals surface area contributed by atoms with Crippen molar-refractivity contribution in [3.63, 3.8) is 0 Å². The lowest BCUT2D eigenvalue weighted by Gasteiger charge is -2.46. The van der Waals surface area contributed by atoms with E-state index in [0.29, 0.717) is 19.6 Å². The van der Waals surface area contributed by atoms with Gasteiger partial charge in [0, 0.05) is 20.0 Å². The minimum atomic E-state index is -2.36. The average molecular weight is 572 g/mol. The smallest absolute Gasteiger partial charge is 0.364 e. The largest absolute Gasteiger partial charge is 0.477 e. The normalized spacial score (nSPS) is 24.2. The molecule has 14 nitrogen and oxygen atoms in total. The third-order valence-corrected chi connectivity index (χ3v) is 5.65. The number of aliphatic hydroxyl groups excluding tert-OH is 4. The number of aliphatic hydroxyl groups is 4. The van der Waals surface area contributed by atoms with Gasteiger partial charge >= 0.3 is 11.9 Å². The molecular weight excluding hydrogens is 522 g/mol. The van der Waals surface area contributed by atoms with Crippen molar-refractivity contribution in [1.29, 1.82) is 0 Å². The van der Waals surface area contributed by atoms with Gasteiger partial charge in [0.1, 0.15) is 24.9 Å². The Morgan fingerprint density at radius 3 is 2.26 bits per heavy atom. The summed E-state index contributed by atoms with van der Waals surface area (Å²) in [6.45, 7) is 3.75. The van der Waals surface area contributed by atoms with Crippen LogP contribution in [0, 0.1) is 5.92 Å². The highest BCUT2D eigenvalue weighted by atomic mass is 16.7. The third kappa shape index (κ3) is 13.3. The molecule has 0 saturated carbocycles. The summed E-state index contributed by atoms with van der Waals surface area (Å²) >= 11 is 0. The van der Waals surface area contributed by atoms with E-state index in [1.54, 1.807) is 0 Å². The van der Waals surface area contributed by atoms with Crippen molar-refractivity contribution in [3.05, 3.63) is 0 Å². The van der Waals surface area contributed by atoms with E-state index in [0.717, 1.165) is 0 Å². The van der Waals surface area contributed by atoms with Gasteiger partial charge in [-0.25, -0.2) is 4.79 Å². The van der Waals surface area contributed by atoms with E-state index < -0.39 is 67.1 Å². The number of rotatable bonds is 18. The van der Waals surface area contributed by atoms with Gasteiger partial charge in [0.15, 0.2) is 0 Å². The first kappa shape index (κ1) is 39.2. The highest BCUT2D eigenvalue weighted by Crippen LogP contribution is 2.34. The maximum Gasteiger partial charge on any atom is 0.364 e. The Morgan fingerprint density at radius 1 is 1.05 bits per heavy atom. The Kier molecular flexibility index (Phi) is 20.2. The lowest BCUT2D eigenvalue weighted by Crippen LogP contribution is -2.68. The molecule has 0 aliphatic carbocycles. The van der Waals surface area contributed by atoms with E-state index in [1.165, 1.54) is 7.11 Å². The van der Waals surface area contributed by atoms with Gasteiger partial charge in [-0.15, -0.1) is 0 Å². The molecule has 6 unspecified atom stereocenters. The molecule has 1 saturated heterocycles. The summed E-state index contributed by atoms with van der Waals surface area (Å²) in [5.41, 5.74) is 0. The Bertz CT molecular complexity index is 707. The van der Waals surface area contributed by atoms with Crippen LogP contribution in [0.15, 0.2) is 0 Å². The molecular formula is C25H49NO13. The summed E-state index contributed by atoms with van der Waals surface area (Å²) in [5, 5.41) is 52.7. The van der Waals surface area contributed by atoms with Crippen LogP contribution in [0.25, 0.3) is 0 Å². The fraction of sp³-hybridized carbons (Fsp3) is 0.880. The van der Waals surface area contributed by atoms with Crippen molar-refractivity contribution in [3.8, 4) is 0 Å². The molecule has 1 aliphatic heterocycles. The van der Waals surface area contributed by atoms with Crippen molar-refractivity contribution >= 4 is 17.8 Å². The monoisotopic (exact) mass is 571 g/mol. The number of amides is 1. The molecule has 0 aromatic heterocycles. The first-order valence-electron chi connectivity index (χ1n) is 12.2. The van der Waals surface area contributed by atoms with Crippen molar-refractivity contribution < 1.29 is 63.6 Å². The number of hydrogen-bond donors (Lipinski definition) is 6. The van der Waals surface area contributed by atoms with Gasteiger partial charge < -0.3 is 54.5 Å². The van der Waals surface area contributed by atoms with Crippen LogP contribution >= 0.6 is 0 Å². The average Bonchev–Trinajstić information content (AvgIpc) is 2.84. The maximum atomic E-state index is 12.5. The van der Waals surface area contributed by atoms with Gasteiger partial charge in [-0.2, -0.15) is 0 Å². The summed E-state index contributed by atoms with van der Waals surface area (Å²) in [6, 6.07) is -1.38.